The lowest BCUT2D eigenvalue weighted by Gasteiger charge is -2.33. The van der Waals surface area contributed by atoms with Crippen molar-refractivity contribution in [2.24, 2.45) is 5.92 Å². The number of nitrogens with zero attached hydrogens (tertiary/aromatic N) is 1. The van der Waals surface area contributed by atoms with E-state index in [2.05, 4.69) is 10.0 Å². The number of hydrogen-bond donors (Lipinski definition) is 2. The highest BCUT2D eigenvalue weighted by atomic mass is 32.2. The van der Waals surface area contributed by atoms with E-state index in [1.54, 1.807) is 12.1 Å². The summed E-state index contributed by atoms with van der Waals surface area (Å²) in [4.78, 5) is 26.1. The summed E-state index contributed by atoms with van der Waals surface area (Å²) in [6.45, 7) is 2.11. The van der Waals surface area contributed by atoms with Crippen molar-refractivity contribution < 1.29 is 22.4 Å². The van der Waals surface area contributed by atoms with Crippen LogP contribution in [0.1, 0.15) is 19.8 Å². The van der Waals surface area contributed by atoms with E-state index in [0.717, 1.165) is 17.8 Å². The Morgan fingerprint density at radius 1 is 1.03 bits per heavy atom. The lowest BCUT2D eigenvalue weighted by Crippen LogP contribution is -2.50. The van der Waals surface area contributed by atoms with E-state index in [4.69, 9.17) is 0 Å². The molecule has 0 aromatic heterocycles. The molecule has 2 aromatic carbocycles. The Morgan fingerprint density at radius 3 is 2.27 bits per heavy atom. The van der Waals surface area contributed by atoms with Crippen molar-refractivity contribution in [3.63, 3.8) is 0 Å². The highest BCUT2D eigenvalue weighted by Gasteiger charge is 2.31. The molecule has 0 bridgehead atoms. The molecule has 2 aromatic rings. The van der Waals surface area contributed by atoms with Gasteiger partial charge in [-0.05, 0) is 44.0 Å². The summed E-state index contributed by atoms with van der Waals surface area (Å²) in [5, 5.41) is 2.86. The van der Waals surface area contributed by atoms with Gasteiger partial charge in [-0.15, -0.1) is 0 Å². The molecule has 0 radical (unpaired) electrons. The molecule has 1 saturated heterocycles. The monoisotopic (exact) mass is 433 g/mol. The van der Waals surface area contributed by atoms with Crippen LogP contribution in [-0.4, -0.2) is 44.3 Å². The highest BCUT2D eigenvalue weighted by molar-refractivity contribution is 7.89. The van der Waals surface area contributed by atoms with Crippen LogP contribution in [0.2, 0.25) is 0 Å². The summed E-state index contributed by atoms with van der Waals surface area (Å²) < 4.78 is 40.8. The molecule has 30 heavy (non-hydrogen) atoms. The van der Waals surface area contributed by atoms with Gasteiger partial charge >= 0.3 is 0 Å². The number of nitrogens with one attached hydrogen (secondary N) is 2. The van der Waals surface area contributed by atoms with Crippen molar-refractivity contribution in [1.29, 1.82) is 0 Å². The van der Waals surface area contributed by atoms with Gasteiger partial charge in [0.25, 0.3) is 0 Å². The summed E-state index contributed by atoms with van der Waals surface area (Å²) in [7, 11) is -4.17. The minimum Gasteiger partial charge on any atom is -0.341 e. The van der Waals surface area contributed by atoms with Gasteiger partial charge in [0.2, 0.25) is 21.8 Å². The van der Waals surface area contributed by atoms with Gasteiger partial charge in [-0.3, -0.25) is 9.59 Å². The molecule has 1 fully saturated rings. The molecule has 2 N–H and O–H groups in total. The van der Waals surface area contributed by atoms with Crippen molar-refractivity contribution in [2.45, 2.75) is 30.7 Å². The maximum Gasteiger partial charge on any atom is 0.244 e. The number of piperidine rings is 1. The van der Waals surface area contributed by atoms with E-state index in [1.165, 1.54) is 24.0 Å². The number of carbonyl (C=O) groups excluding carboxylic acids is 2. The third-order valence-electron chi connectivity index (χ3n) is 5.05. The molecule has 1 atom stereocenters. The normalized spacial score (nSPS) is 16.1. The van der Waals surface area contributed by atoms with E-state index in [-0.39, 0.29) is 11.8 Å². The van der Waals surface area contributed by atoms with Gasteiger partial charge < -0.3 is 10.2 Å². The molecule has 1 heterocycles. The van der Waals surface area contributed by atoms with Crippen molar-refractivity contribution in [3.05, 3.63) is 60.4 Å². The maximum atomic E-state index is 13.8. The van der Waals surface area contributed by atoms with Crippen LogP contribution in [0.15, 0.2) is 59.5 Å². The predicted octanol–water partition coefficient (Wildman–Crippen LogP) is 2.37. The van der Waals surface area contributed by atoms with E-state index in [0.29, 0.717) is 25.9 Å². The first-order valence-corrected chi connectivity index (χ1v) is 11.2. The van der Waals surface area contributed by atoms with Crippen LogP contribution >= 0.6 is 0 Å². The zero-order valence-corrected chi connectivity index (χ0v) is 17.4. The van der Waals surface area contributed by atoms with Crippen LogP contribution in [0.25, 0.3) is 0 Å². The summed E-state index contributed by atoms with van der Waals surface area (Å²) in [5.74, 6) is -1.60. The molecule has 1 unspecified atom stereocenters. The summed E-state index contributed by atoms with van der Waals surface area (Å²) in [6.07, 6.45) is 0.967. The summed E-state index contributed by atoms with van der Waals surface area (Å²) in [6, 6.07) is 13.1. The number of rotatable bonds is 6. The second-order valence-electron chi connectivity index (χ2n) is 7.23. The Labute approximate surface area is 175 Å². The molecule has 1 aliphatic heterocycles. The number of sulfonamides is 1. The molecular weight excluding hydrogens is 409 g/mol. The van der Waals surface area contributed by atoms with Gasteiger partial charge in [-0.1, -0.05) is 30.3 Å². The summed E-state index contributed by atoms with van der Waals surface area (Å²) in [5.41, 5.74) is 0.720. The van der Waals surface area contributed by atoms with E-state index in [1.807, 2.05) is 18.2 Å². The van der Waals surface area contributed by atoms with Gasteiger partial charge in [-0.2, -0.15) is 4.72 Å². The van der Waals surface area contributed by atoms with Crippen molar-refractivity contribution >= 4 is 27.5 Å². The van der Waals surface area contributed by atoms with Gasteiger partial charge in [0.15, 0.2) is 0 Å². The van der Waals surface area contributed by atoms with Gasteiger partial charge in [0.05, 0.1) is 6.04 Å². The van der Waals surface area contributed by atoms with Crippen LogP contribution in [0.4, 0.5) is 10.1 Å². The van der Waals surface area contributed by atoms with E-state index in [9.17, 15) is 22.4 Å². The number of carbonyl (C=O) groups is 2. The van der Waals surface area contributed by atoms with Crippen LogP contribution in [0.3, 0.4) is 0 Å². The Balaban J connectivity index is 1.54. The Hall–Kier alpha value is -2.78. The van der Waals surface area contributed by atoms with E-state index >= 15 is 0 Å². The average molecular weight is 434 g/mol. The fourth-order valence-corrected chi connectivity index (χ4v) is 4.69. The molecule has 0 aliphatic carbocycles. The van der Waals surface area contributed by atoms with Crippen LogP contribution in [0, 0.1) is 11.7 Å². The maximum absolute atomic E-state index is 13.8. The Bertz CT molecular complexity index is 1010. The summed E-state index contributed by atoms with van der Waals surface area (Å²) >= 11 is 0. The van der Waals surface area contributed by atoms with Crippen molar-refractivity contribution in [1.82, 2.24) is 9.62 Å². The zero-order valence-electron chi connectivity index (χ0n) is 16.5. The quantitative estimate of drug-likeness (QED) is 0.731. The largest absolute Gasteiger partial charge is 0.341 e. The number of amides is 2. The topological polar surface area (TPSA) is 95.6 Å². The number of halogens is 1. The molecule has 1 aliphatic rings. The first-order chi connectivity index (χ1) is 14.3. The standard InChI is InChI=1S/C21H24FN3O4S/c1-15(24-30(28,29)19-10-6-5-9-18(19)22)21(27)25-13-11-16(12-14-25)20(26)23-17-7-3-2-4-8-17/h2-10,15-16,24H,11-14H2,1H3,(H,23,26). The molecule has 9 heteroatoms. The molecule has 160 valence electrons. The van der Waals surface area contributed by atoms with Crippen LogP contribution in [-0.2, 0) is 19.6 Å². The minimum absolute atomic E-state index is 0.0957. The Morgan fingerprint density at radius 2 is 1.63 bits per heavy atom. The second kappa shape index (κ2) is 9.36. The lowest BCUT2D eigenvalue weighted by molar-refractivity contribution is -0.135. The minimum atomic E-state index is -4.17. The lowest BCUT2D eigenvalue weighted by atomic mass is 9.95. The molecular formula is C21H24FN3O4S. The van der Waals surface area contributed by atoms with Gasteiger partial charge in [-0.25, -0.2) is 12.8 Å². The van der Waals surface area contributed by atoms with Crippen molar-refractivity contribution in [2.75, 3.05) is 18.4 Å². The smallest absolute Gasteiger partial charge is 0.244 e. The van der Waals surface area contributed by atoms with Crippen LogP contribution in [0.5, 0.6) is 0 Å². The molecule has 2 amide bonds. The number of hydrogen-bond acceptors (Lipinski definition) is 4. The fraction of sp³-hybridized carbons (Fsp3) is 0.333. The highest BCUT2D eigenvalue weighted by Crippen LogP contribution is 2.21. The number of benzene rings is 2. The number of para-hydroxylation sites is 1. The third-order valence-corrected chi connectivity index (χ3v) is 6.62. The molecule has 0 spiro atoms. The number of likely N-dealkylation sites (tertiary alicyclic amines) is 1. The average Bonchev–Trinajstić information content (AvgIpc) is 2.74. The van der Waals surface area contributed by atoms with Gasteiger partial charge in [0.1, 0.15) is 10.7 Å². The second-order valence-corrected chi connectivity index (χ2v) is 8.91. The van der Waals surface area contributed by atoms with Crippen LogP contribution < -0.4 is 10.0 Å². The zero-order chi connectivity index (χ0) is 21.7. The van der Waals surface area contributed by atoms with E-state index < -0.39 is 32.7 Å². The van der Waals surface area contributed by atoms with Gasteiger partial charge in [0, 0.05) is 24.7 Å². The molecule has 3 rings (SSSR count). The first-order valence-electron chi connectivity index (χ1n) is 9.69. The SMILES string of the molecule is CC(NS(=O)(=O)c1ccccc1F)C(=O)N1CCC(C(=O)Nc2ccccc2)CC1. The van der Waals surface area contributed by atoms with Crippen molar-refractivity contribution in [3.8, 4) is 0 Å². The molecule has 0 saturated carbocycles. The Kier molecular flexibility index (Phi) is 6.84. The number of anilines is 1. The fourth-order valence-electron chi connectivity index (χ4n) is 3.41. The predicted molar refractivity (Wildman–Crippen MR) is 111 cm³/mol. The first kappa shape index (κ1) is 21.9. The molecule has 7 nitrogen and oxygen atoms in total. The third kappa shape index (κ3) is 5.22.